The zero-order valence-corrected chi connectivity index (χ0v) is 14.5. The summed E-state index contributed by atoms with van der Waals surface area (Å²) < 4.78 is 5.23. The van der Waals surface area contributed by atoms with Crippen molar-refractivity contribution in [1.82, 2.24) is 9.97 Å². The van der Waals surface area contributed by atoms with Crippen LogP contribution in [-0.4, -0.2) is 16.3 Å². The minimum Gasteiger partial charge on any atom is -0.441 e. The number of fused-ring (bicyclic) bond motifs is 1. The Morgan fingerprint density at radius 1 is 1.23 bits per heavy atom. The minimum atomic E-state index is 0.257. The summed E-state index contributed by atoms with van der Waals surface area (Å²) in [7, 11) is 0. The summed E-state index contributed by atoms with van der Waals surface area (Å²) in [5.74, 6) is 1.10. The standard InChI is InChI=1S/C11H6ClN3O2S.2C2H6/c12-8-2-1-7(17-8)10-14-9(13)6-3-5(4-16)18-11(6)15-10;2*1-2/h1-4H,(H2,13,14,15);2*1-2H3. The lowest BCUT2D eigenvalue weighted by molar-refractivity contribution is 0.112. The first-order chi connectivity index (χ1) is 10.7. The van der Waals surface area contributed by atoms with E-state index in [0.29, 0.717) is 32.5 Å². The number of furan rings is 1. The molecular weight excluding hydrogens is 322 g/mol. The number of nitrogens with zero attached hydrogens (tertiary/aromatic N) is 2. The van der Waals surface area contributed by atoms with Gasteiger partial charge in [0.2, 0.25) is 0 Å². The number of hydrogen-bond acceptors (Lipinski definition) is 6. The van der Waals surface area contributed by atoms with Crippen molar-refractivity contribution in [2.45, 2.75) is 27.7 Å². The Morgan fingerprint density at radius 3 is 2.45 bits per heavy atom. The third-order valence-corrected chi connectivity index (χ3v) is 3.51. The van der Waals surface area contributed by atoms with Crippen molar-refractivity contribution >= 4 is 45.3 Å². The first-order valence-electron chi connectivity index (χ1n) is 6.95. The van der Waals surface area contributed by atoms with E-state index in [2.05, 4.69) is 9.97 Å². The fourth-order valence-electron chi connectivity index (χ4n) is 1.56. The van der Waals surface area contributed by atoms with Gasteiger partial charge in [0.25, 0.3) is 0 Å². The molecule has 2 N–H and O–H groups in total. The molecule has 118 valence electrons. The number of aromatic nitrogens is 2. The maximum absolute atomic E-state index is 10.7. The van der Waals surface area contributed by atoms with Gasteiger partial charge in [-0.3, -0.25) is 4.79 Å². The fraction of sp³-hybridized carbons (Fsp3) is 0.267. The quantitative estimate of drug-likeness (QED) is 0.660. The Morgan fingerprint density at radius 2 is 1.91 bits per heavy atom. The predicted octanol–water partition coefficient (Wildman–Crippen LogP) is 5.05. The van der Waals surface area contributed by atoms with E-state index < -0.39 is 0 Å². The second kappa shape index (κ2) is 8.51. The maximum Gasteiger partial charge on any atom is 0.199 e. The van der Waals surface area contributed by atoms with Crippen molar-refractivity contribution in [3.63, 3.8) is 0 Å². The van der Waals surface area contributed by atoms with E-state index in [-0.39, 0.29) is 5.22 Å². The van der Waals surface area contributed by atoms with Crippen molar-refractivity contribution in [1.29, 1.82) is 0 Å². The van der Waals surface area contributed by atoms with Crippen molar-refractivity contribution in [3.8, 4) is 11.6 Å². The molecule has 0 unspecified atom stereocenters. The van der Waals surface area contributed by atoms with Crippen LogP contribution in [0, 0.1) is 0 Å². The molecule has 0 bridgehead atoms. The topological polar surface area (TPSA) is 82.0 Å². The number of halogens is 1. The van der Waals surface area contributed by atoms with Crippen LogP contribution in [0.1, 0.15) is 37.4 Å². The van der Waals surface area contributed by atoms with E-state index in [1.165, 1.54) is 11.3 Å². The number of anilines is 1. The summed E-state index contributed by atoms with van der Waals surface area (Å²) in [5.41, 5.74) is 5.83. The average molecular weight is 340 g/mol. The Balaban J connectivity index is 0.000000561. The van der Waals surface area contributed by atoms with Crippen LogP contribution in [0.4, 0.5) is 5.82 Å². The molecule has 0 saturated heterocycles. The molecule has 0 amide bonds. The van der Waals surface area contributed by atoms with Gasteiger partial charge in [0.15, 0.2) is 23.1 Å². The molecule has 3 rings (SSSR count). The first-order valence-corrected chi connectivity index (χ1v) is 8.15. The molecule has 3 heterocycles. The summed E-state index contributed by atoms with van der Waals surface area (Å²) in [6.45, 7) is 8.00. The van der Waals surface area contributed by atoms with Crippen LogP contribution in [0.15, 0.2) is 22.6 Å². The van der Waals surface area contributed by atoms with Crippen LogP contribution in [0.25, 0.3) is 21.8 Å². The summed E-state index contributed by atoms with van der Waals surface area (Å²) >= 11 is 6.95. The van der Waals surface area contributed by atoms with E-state index in [1.54, 1.807) is 18.2 Å². The number of hydrogen-bond donors (Lipinski definition) is 1. The molecule has 5 nitrogen and oxygen atoms in total. The molecule has 0 spiro atoms. The first kappa shape index (κ1) is 18.1. The molecule has 0 aliphatic rings. The number of thiophene rings is 1. The number of rotatable bonds is 2. The molecule has 0 atom stereocenters. The van der Waals surface area contributed by atoms with Gasteiger partial charge in [0, 0.05) is 0 Å². The highest BCUT2D eigenvalue weighted by molar-refractivity contribution is 7.20. The van der Waals surface area contributed by atoms with Crippen molar-refractivity contribution < 1.29 is 9.21 Å². The number of carbonyl (C=O) groups excluding carboxylic acids is 1. The van der Waals surface area contributed by atoms with E-state index in [0.717, 1.165) is 6.29 Å². The molecule has 0 aliphatic carbocycles. The molecular formula is C15H18ClN3O2S. The van der Waals surface area contributed by atoms with Crippen molar-refractivity contribution in [2.24, 2.45) is 0 Å². The van der Waals surface area contributed by atoms with Crippen LogP contribution < -0.4 is 5.73 Å². The molecule has 0 aromatic carbocycles. The van der Waals surface area contributed by atoms with Crippen LogP contribution in [-0.2, 0) is 0 Å². The van der Waals surface area contributed by atoms with E-state index >= 15 is 0 Å². The van der Waals surface area contributed by atoms with Gasteiger partial charge in [0.05, 0.1) is 10.3 Å². The van der Waals surface area contributed by atoms with Gasteiger partial charge in [-0.15, -0.1) is 11.3 Å². The van der Waals surface area contributed by atoms with Gasteiger partial charge in [0.1, 0.15) is 10.6 Å². The van der Waals surface area contributed by atoms with Gasteiger partial charge in [-0.1, -0.05) is 27.7 Å². The number of nitrogens with two attached hydrogens (primary N) is 1. The van der Waals surface area contributed by atoms with E-state index in [1.807, 2.05) is 27.7 Å². The van der Waals surface area contributed by atoms with Gasteiger partial charge in [-0.2, -0.15) is 0 Å². The Kier molecular flexibility index (Phi) is 7.01. The van der Waals surface area contributed by atoms with Gasteiger partial charge in [-0.05, 0) is 29.8 Å². The second-order valence-electron chi connectivity index (χ2n) is 3.52. The van der Waals surface area contributed by atoms with Gasteiger partial charge < -0.3 is 10.2 Å². The Labute approximate surface area is 138 Å². The predicted molar refractivity (Wildman–Crippen MR) is 92.6 cm³/mol. The smallest absolute Gasteiger partial charge is 0.199 e. The highest BCUT2D eigenvalue weighted by Gasteiger charge is 2.13. The zero-order valence-electron chi connectivity index (χ0n) is 12.9. The van der Waals surface area contributed by atoms with Crippen LogP contribution >= 0.6 is 22.9 Å². The molecule has 3 aromatic rings. The van der Waals surface area contributed by atoms with Crippen LogP contribution in [0.2, 0.25) is 5.22 Å². The molecule has 0 fully saturated rings. The maximum atomic E-state index is 10.7. The fourth-order valence-corrected chi connectivity index (χ4v) is 2.56. The molecule has 0 radical (unpaired) electrons. The van der Waals surface area contributed by atoms with Crippen molar-refractivity contribution in [2.75, 3.05) is 5.73 Å². The third kappa shape index (κ3) is 3.84. The Bertz CT molecular complexity index is 752. The lowest BCUT2D eigenvalue weighted by Gasteiger charge is -1.98. The molecule has 0 saturated carbocycles. The van der Waals surface area contributed by atoms with Crippen LogP contribution in [0.3, 0.4) is 0 Å². The SMILES string of the molecule is CC.CC.Nc1nc(-c2ccc(Cl)o2)nc2sc(C=O)cc12. The number of carbonyl (C=O) groups is 1. The van der Waals surface area contributed by atoms with Crippen molar-refractivity contribution in [3.05, 3.63) is 28.3 Å². The molecule has 0 aliphatic heterocycles. The minimum absolute atomic E-state index is 0.257. The van der Waals surface area contributed by atoms with Gasteiger partial charge in [-0.25, -0.2) is 9.97 Å². The molecule has 3 aromatic heterocycles. The molecule has 7 heteroatoms. The zero-order chi connectivity index (χ0) is 16.7. The second-order valence-corrected chi connectivity index (χ2v) is 4.96. The molecule has 22 heavy (non-hydrogen) atoms. The number of aldehydes is 1. The summed E-state index contributed by atoms with van der Waals surface area (Å²) in [4.78, 5) is 20.4. The summed E-state index contributed by atoms with van der Waals surface area (Å²) in [5, 5.41) is 0.926. The van der Waals surface area contributed by atoms with Gasteiger partial charge >= 0.3 is 0 Å². The largest absolute Gasteiger partial charge is 0.441 e. The monoisotopic (exact) mass is 339 g/mol. The lowest BCUT2D eigenvalue weighted by Crippen LogP contribution is -1.95. The summed E-state index contributed by atoms with van der Waals surface area (Å²) in [6.07, 6.45) is 0.759. The number of nitrogen functional groups attached to an aromatic ring is 1. The normalized spacial score (nSPS) is 9.50. The Hall–Kier alpha value is -1.92. The van der Waals surface area contributed by atoms with Crippen LogP contribution in [0.5, 0.6) is 0 Å². The average Bonchev–Trinajstić information content (AvgIpc) is 3.17. The highest BCUT2D eigenvalue weighted by atomic mass is 35.5. The highest BCUT2D eigenvalue weighted by Crippen LogP contribution is 2.30. The van der Waals surface area contributed by atoms with E-state index in [4.69, 9.17) is 21.8 Å². The van der Waals surface area contributed by atoms with E-state index in [9.17, 15) is 4.79 Å². The summed E-state index contributed by atoms with van der Waals surface area (Å²) in [6, 6.07) is 4.93. The third-order valence-electron chi connectivity index (χ3n) is 2.35. The lowest BCUT2D eigenvalue weighted by atomic mass is 10.3.